The summed E-state index contributed by atoms with van der Waals surface area (Å²) in [7, 11) is 3.48. The minimum atomic E-state index is -0.656. The second-order valence-electron chi connectivity index (χ2n) is 5.09. The van der Waals surface area contributed by atoms with Crippen LogP contribution in [0, 0.1) is 5.92 Å². The SMILES string of the molecule is COC1(C(=O)c2nccn2C)CCCC(C)C1. The molecule has 0 saturated heterocycles. The maximum Gasteiger partial charge on any atom is 0.229 e. The predicted molar refractivity (Wildman–Crippen MR) is 64.9 cm³/mol. The van der Waals surface area contributed by atoms with E-state index in [0.717, 1.165) is 19.3 Å². The van der Waals surface area contributed by atoms with Crippen molar-refractivity contribution in [3.63, 3.8) is 0 Å². The minimum Gasteiger partial charge on any atom is -0.370 e. The molecule has 1 aromatic rings. The number of aryl methyl sites for hydroxylation is 1. The van der Waals surface area contributed by atoms with Crippen molar-refractivity contribution in [2.24, 2.45) is 13.0 Å². The van der Waals surface area contributed by atoms with E-state index in [1.165, 1.54) is 6.42 Å². The first-order valence-corrected chi connectivity index (χ1v) is 6.16. The molecule has 1 aliphatic carbocycles. The van der Waals surface area contributed by atoms with Gasteiger partial charge in [0, 0.05) is 26.6 Å². The van der Waals surface area contributed by atoms with Crippen molar-refractivity contribution in [3.05, 3.63) is 18.2 Å². The first-order chi connectivity index (χ1) is 8.09. The molecule has 0 radical (unpaired) electrons. The van der Waals surface area contributed by atoms with Crippen molar-refractivity contribution in [1.82, 2.24) is 9.55 Å². The van der Waals surface area contributed by atoms with Gasteiger partial charge >= 0.3 is 0 Å². The Kier molecular flexibility index (Phi) is 3.33. The van der Waals surface area contributed by atoms with Crippen LogP contribution in [-0.4, -0.2) is 28.0 Å². The third-order valence-corrected chi connectivity index (χ3v) is 3.78. The number of rotatable bonds is 3. The zero-order valence-corrected chi connectivity index (χ0v) is 10.8. The van der Waals surface area contributed by atoms with Gasteiger partial charge in [0.05, 0.1) is 0 Å². The molecule has 94 valence electrons. The van der Waals surface area contributed by atoms with Crippen LogP contribution in [0.4, 0.5) is 0 Å². The number of methoxy groups -OCH3 is 1. The summed E-state index contributed by atoms with van der Waals surface area (Å²) >= 11 is 0. The quantitative estimate of drug-likeness (QED) is 0.756. The summed E-state index contributed by atoms with van der Waals surface area (Å²) < 4.78 is 7.35. The van der Waals surface area contributed by atoms with E-state index in [4.69, 9.17) is 4.74 Å². The number of carbonyl (C=O) groups is 1. The molecule has 0 aliphatic heterocycles. The van der Waals surface area contributed by atoms with Gasteiger partial charge in [0.15, 0.2) is 5.82 Å². The van der Waals surface area contributed by atoms with Gasteiger partial charge in [0.1, 0.15) is 5.60 Å². The highest BCUT2D eigenvalue weighted by Gasteiger charge is 2.43. The molecule has 1 fully saturated rings. The first-order valence-electron chi connectivity index (χ1n) is 6.16. The standard InChI is InChI=1S/C13H20N2O2/c1-10-5-4-6-13(9-10,17-3)11(16)12-14-7-8-15(12)2/h7-8,10H,4-6,9H2,1-3H3. The Labute approximate surface area is 102 Å². The number of Topliss-reactive ketones (excluding diaryl/α,β-unsaturated/α-hetero) is 1. The highest BCUT2D eigenvalue weighted by atomic mass is 16.5. The first kappa shape index (κ1) is 12.3. The fourth-order valence-corrected chi connectivity index (χ4v) is 2.78. The molecule has 0 aromatic carbocycles. The molecule has 0 N–H and O–H groups in total. The van der Waals surface area contributed by atoms with Crippen LogP contribution in [0.5, 0.6) is 0 Å². The molecule has 0 spiro atoms. The molecule has 0 amide bonds. The summed E-state index contributed by atoms with van der Waals surface area (Å²) in [6, 6.07) is 0. The topological polar surface area (TPSA) is 44.1 Å². The lowest BCUT2D eigenvalue weighted by molar-refractivity contribution is -0.0311. The molecule has 4 heteroatoms. The molecule has 4 nitrogen and oxygen atoms in total. The van der Waals surface area contributed by atoms with Crippen molar-refractivity contribution < 1.29 is 9.53 Å². The number of hydrogen-bond acceptors (Lipinski definition) is 3. The third-order valence-electron chi connectivity index (χ3n) is 3.78. The summed E-state index contributed by atoms with van der Waals surface area (Å²) in [5, 5.41) is 0. The average Bonchev–Trinajstić information content (AvgIpc) is 2.74. The van der Waals surface area contributed by atoms with Crippen LogP contribution in [0.3, 0.4) is 0 Å². The van der Waals surface area contributed by atoms with Gasteiger partial charge in [-0.15, -0.1) is 0 Å². The highest BCUT2D eigenvalue weighted by molar-refractivity contribution is 5.99. The van der Waals surface area contributed by atoms with Gasteiger partial charge in [-0.05, 0) is 25.2 Å². The molecule has 0 bridgehead atoms. The second-order valence-corrected chi connectivity index (χ2v) is 5.09. The van der Waals surface area contributed by atoms with Gasteiger partial charge in [-0.3, -0.25) is 4.79 Å². The second kappa shape index (κ2) is 4.61. The van der Waals surface area contributed by atoms with Crippen LogP contribution in [0.2, 0.25) is 0 Å². The van der Waals surface area contributed by atoms with Gasteiger partial charge in [0.2, 0.25) is 5.78 Å². The Morgan fingerprint density at radius 1 is 1.65 bits per heavy atom. The molecule has 1 saturated carbocycles. The van der Waals surface area contributed by atoms with E-state index in [2.05, 4.69) is 11.9 Å². The average molecular weight is 236 g/mol. The van der Waals surface area contributed by atoms with Crippen LogP contribution in [-0.2, 0) is 11.8 Å². The molecule has 2 rings (SSSR count). The van der Waals surface area contributed by atoms with Crippen LogP contribution >= 0.6 is 0 Å². The van der Waals surface area contributed by atoms with E-state index < -0.39 is 5.60 Å². The van der Waals surface area contributed by atoms with Gasteiger partial charge in [-0.2, -0.15) is 0 Å². The smallest absolute Gasteiger partial charge is 0.229 e. The molecule has 2 unspecified atom stereocenters. The predicted octanol–water partition coefficient (Wildman–Crippen LogP) is 2.20. The Hall–Kier alpha value is -1.16. The van der Waals surface area contributed by atoms with E-state index in [9.17, 15) is 4.79 Å². The Bertz CT molecular complexity index is 413. The summed E-state index contributed by atoms with van der Waals surface area (Å²) in [6.07, 6.45) is 7.28. The van der Waals surface area contributed by atoms with Crippen molar-refractivity contribution in [1.29, 1.82) is 0 Å². The molecule has 1 heterocycles. The largest absolute Gasteiger partial charge is 0.370 e. The van der Waals surface area contributed by atoms with Crippen LogP contribution in [0.25, 0.3) is 0 Å². The summed E-state index contributed by atoms with van der Waals surface area (Å²) in [4.78, 5) is 16.7. The fraction of sp³-hybridized carbons (Fsp3) is 0.692. The Morgan fingerprint density at radius 3 is 2.94 bits per heavy atom. The number of ether oxygens (including phenoxy) is 1. The number of hydrogen-bond donors (Lipinski definition) is 0. The van der Waals surface area contributed by atoms with E-state index in [1.54, 1.807) is 24.1 Å². The number of imidazole rings is 1. The lowest BCUT2D eigenvalue weighted by atomic mass is 9.76. The monoisotopic (exact) mass is 236 g/mol. The van der Waals surface area contributed by atoms with Crippen molar-refractivity contribution in [3.8, 4) is 0 Å². The molecule has 1 aromatic heterocycles. The molecular formula is C13H20N2O2. The Balaban J connectivity index is 2.29. The minimum absolute atomic E-state index is 0.0269. The summed E-state index contributed by atoms with van der Waals surface area (Å²) in [6.45, 7) is 2.18. The zero-order chi connectivity index (χ0) is 12.5. The molecular weight excluding hydrogens is 216 g/mol. The third kappa shape index (κ3) is 2.14. The van der Waals surface area contributed by atoms with Crippen molar-refractivity contribution >= 4 is 5.78 Å². The van der Waals surface area contributed by atoms with E-state index in [-0.39, 0.29) is 5.78 Å². The van der Waals surface area contributed by atoms with Gasteiger partial charge in [-0.25, -0.2) is 4.98 Å². The normalized spacial score (nSPS) is 29.2. The van der Waals surface area contributed by atoms with E-state index in [0.29, 0.717) is 11.7 Å². The van der Waals surface area contributed by atoms with Crippen molar-refractivity contribution in [2.75, 3.05) is 7.11 Å². The zero-order valence-electron chi connectivity index (χ0n) is 10.8. The van der Waals surface area contributed by atoms with Crippen LogP contribution in [0.1, 0.15) is 43.2 Å². The maximum atomic E-state index is 12.6. The number of carbonyl (C=O) groups excluding carboxylic acids is 1. The van der Waals surface area contributed by atoms with Crippen molar-refractivity contribution in [2.45, 2.75) is 38.2 Å². The maximum absolute atomic E-state index is 12.6. The van der Waals surface area contributed by atoms with E-state index in [1.807, 2.05) is 7.05 Å². The highest BCUT2D eigenvalue weighted by Crippen LogP contribution is 2.36. The summed E-state index contributed by atoms with van der Waals surface area (Å²) in [5.74, 6) is 1.06. The summed E-state index contributed by atoms with van der Waals surface area (Å²) in [5.41, 5.74) is -0.656. The lowest BCUT2D eigenvalue weighted by Crippen LogP contribution is -2.45. The number of aromatic nitrogens is 2. The Morgan fingerprint density at radius 2 is 2.41 bits per heavy atom. The van der Waals surface area contributed by atoms with Crippen LogP contribution < -0.4 is 0 Å². The van der Waals surface area contributed by atoms with Gasteiger partial charge in [0.25, 0.3) is 0 Å². The van der Waals surface area contributed by atoms with E-state index >= 15 is 0 Å². The lowest BCUT2D eigenvalue weighted by Gasteiger charge is -2.37. The van der Waals surface area contributed by atoms with Gasteiger partial charge in [-0.1, -0.05) is 13.3 Å². The molecule has 17 heavy (non-hydrogen) atoms. The molecule has 2 atom stereocenters. The number of nitrogens with zero attached hydrogens (tertiary/aromatic N) is 2. The van der Waals surface area contributed by atoms with Crippen LogP contribution in [0.15, 0.2) is 12.4 Å². The number of ketones is 1. The van der Waals surface area contributed by atoms with Gasteiger partial charge < -0.3 is 9.30 Å². The fourth-order valence-electron chi connectivity index (χ4n) is 2.78. The molecule has 1 aliphatic rings.